The average molecular weight is 427 g/mol. The summed E-state index contributed by atoms with van der Waals surface area (Å²) in [6, 6.07) is 8.52. The van der Waals surface area contributed by atoms with Crippen molar-refractivity contribution in [1.29, 1.82) is 0 Å². The minimum atomic E-state index is -4.59. The number of nitrogens with zero attached hydrogens (tertiary/aromatic N) is 1. The summed E-state index contributed by atoms with van der Waals surface area (Å²) in [6.07, 6.45) is -2.96. The van der Waals surface area contributed by atoms with Gasteiger partial charge < -0.3 is 14.8 Å². The molecule has 0 atom stereocenters. The summed E-state index contributed by atoms with van der Waals surface area (Å²) in [5, 5.41) is 2.29. The number of amidine groups is 1. The highest BCUT2D eigenvalue weighted by molar-refractivity contribution is 8.18. The zero-order chi connectivity index (χ0) is 19.9. The number of halogens is 4. The predicted octanol–water partition coefficient (Wildman–Crippen LogP) is 4.98. The Morgan fingerprint density at radius 3 is 2.71 bits per heavy atom. The van der Waals surface area contributed by atoms with E-state index in [1.54, 1.807) is 24.3 Å². The van der Waals surface area contributed by atoms with Gasteiger partial charge in [-0.1, -0.05) is 17.7 Å². The van der Waals surface area contributed by atoms with E-state index in [0.29, 0.717) is 22.0 Å². The number of benzene rings is 2. The average Bonchev–Trinajstić information content (AvgIpc) is 3.22. The lowest BCUT2D eigenvalue weighted by atomic mass is 10.2. The van der Waals surface area contributed by atoms with Crippen LogP contribution < -0.4 is 14.8 Å². The van der Waals surface area contributed by atoms with E-state index in [4.69, 9.17) is 21.1 Å². The van der Waals surface area contributed by atoms with Gasteiger partial charge in [0.2, 0.25) is 6.79 Å². The first-order chi connectivity index (χ1) is 13.3. The second-order valence-corrected chi connectivity index (χ2v) is 7.19. The Kier molecular flexibility index (Phi) is 4.72. The first-order valence-corrected chi connectivity index (χ1v) is 9.05. The van der Waals surface area contributed by atoms with Gasteiger partial charge in [-0.15, -0.1) is 0 Å². The molecule has 0 aromatic heterocycles. The van der Waals surface area contributed by atoms with Crippen LogP contribution in [0.1, 0.15) is 11.1 Å². The Bertz CT molecular complexity index is 1040. The SMILES string of the molecule is O=C1NC(=Nc2ccc(Cl)c(C(F)(F)F)c2)SC1=Cc1ccc2c(c1)OCO2. The zero-order valence-electron chi connectivity index (χ0n) is 13.8. The van der Waals surface area contributed by atoms with E-state index in [1.807, 2.05) is 0 Å². The Morgan fingerprint density at radius 1 is 1.14 bits per heavy atom. The summed E-state index contributed by atoms with van der Waals surface area (Å²) in [5.41, 5.74) is -0.237. The van der Waals surface area contributed by atoms with Gasteiger partial charge >= 0.3 is 6.18 Å². The molecule has 2 aliphatic rings. The van der Waals surface area contributed by atoms with Crippen LogP contribution in [-0.4, -0.2) is 17.9 Å². The second kappa shape index (κ2) is 7.06. The van der Waals surface area contributed by atoms with Crippen molar-refractivity contribution in [3.8, 4) is 11.5 Å². The number of fused-ring (bicyclic) bond motifs is 1. The van der Waals surface area contributed by atoms with E-state index >= 15 is 0 Å². The van der Waals surface area contributed by atoms with E-state index in [2.05, 4.69) is 10.3 Å². The van der Waals surface area contributed by atoms with Crippen molar-refractivity contribution in [2.45, 2.75) is 6.18 Å². The van der Waals surface area contributed by atoms with Crippen LogP contribution in [-0.2, 0) is 11.0 Å². The van der Waals surface area contributed by atoms with Crippen LogP contribution in [0.25, 0.3) is 6.08 Å². The molecule has 28 heavy (non-hydrogen) atoms. The van der Waals surface area contributed by atoms with Gasteiger partial charge in [0.15, 0.2) is 16.7 Å². The van der Waals surface area contributed by atoms with E-state index in [9.17, 15) is 18.0 Å². The molecule has 0 saturated carbocycles. The normalized spacial score (nSPS) is 18.8. The van der Waals surface area contributed by atoms with Crippen LogP contribution in [0.5, 0.6) is 11.5 Å². The van der Waals surface area contributed by atoms with E-state index in [0.717, 1.165) is 23.9 Å². The highest BCUT2D eigenvalue weighted by Gasteiger charge is 2.33. The van der Waals surface area contributed by atoms with Crippen molar-refractivity contribution in [3.63, 3.8) is 0 Å². The molecule has 0 spiro atoms. The molecule has 2 aliphatic heterocycles. The van der Waals surface area contributed by atoms with Crippen molar-refractivity contribution < 1.29 is 27.4 Å². The number of aliphatic imine (C=N–C) groups is 1. The fraction of sp³-hybridized carbons (Fsp3) is 0.111. The van der Waals surface area contributed by atoms with Gasteiger partial charge in [0.1, 0.15) is 0 Å². The summed E-state index contributed by atoms with van der Waals surface area (Å²) in [7, 11) is 0. The predicted molar refractivity (Wildman–Crippen MR) is 99.8 cm³/mol. The number of alkyl halides is 3. The number of thioether (sulfide) groups is 1. The van der Waals surface area contributed by atoms with Crippen LogP contribution >= 0.6 is 23.4 Å². The first-order valence-electron chi connectivity index (χ1n) is 7.85. The van der Waals surface area contributed by atoms with Crippen LogP contribution in [0.4, 0.5) is 18.9 Å². The van der Waals surface area contributed by atoms with Crippen molar-refractivity contribution in [2.24, 2.45) is 4.99 Å². The second-order valence-electron chi connectivity index (χ2n) is 5.76. The number of hydrogen-bond acceptors (Lipinski definition) is 5. The highest BCUT2D eigenvalue weighted by atomic mass is 35.5. The van der Waals surface area contributed by atoms with Gasteiger partial charge in [0.25, 0.3) is 5.91 Å². The van der Waals surface area contributed by atoms with Gasteiger partial charge in [-0.3, -0.25) is 4.79 Å². The Hall–Kier alpha value is -2.65. The first kappa shape index (κ1) is 18.7. The molecule has 10 heteroatoms. The van der Waals surface area contributed by atoms with E-state index in [-0.39, 0.29) is 17.6 Å². The van der Waals surface area contributed by atoms with Gasteiger partial charge in [0, 0.05) is 0 Å². The molecule has 1 fully saturated rings. The lowest BCUT2D eigenvalue weighted by Crippen LogP contribution is -2.19. The number of ether oxygens (including phenoxy) is 2. The lowest BCUT2D eigenvalue weighted by molar-refractivity contribution is -0.137. The van der Waals surface area contributed by atoms with Crippen LogP contribution in [0.15, 0.2) is 46.3 Å². The minimum absolute atomic E-state index is 0.0313. The molecule has 2 aromatic rings. The molecule has 0 aliphatic carbocycles. The molecular weight excluding hydrogens is 417 g/mol. The minimum Gasteiger partial charge on any atom is -0.454 e. The van der Waals surface area contributed by atoms with Gasteiger partial charge in [-0.25, -0.2) is 4.99 Å². The van der Waals surface area contributed by atoms with Crippen LogP contribution in [0, 0.1) is 0 Å². The molecule has 0 unspecified atom stereocenters. The maximum Gasteiger partial charge on any atom is 0.417 e. The Labute approximate surface area is 166 Å². The third kappa shape index (κ3) is 3.81. The molecule has 5 nitrogen and oxygen atoms in total. The largest absolute Gasteiger partial charge is 0.454 e. The fourth-order valence-electron chi connectivity index (χ4n) is 2.55. The van der Waals surface area contributed by atoms with E-state index in [1.165, 1.54) is 6.07 Å². The third-order valence-electron chi connectivity index (χ3n) is 3.83. The van der Waals surface area contributed by atoms with Crippen molar-refractivity contribution in [3.05, 3.63) is 57.5 Å². The summed E-state index contributed by atoms with van der Waals surface area (Å²) < 4.78 is 49.4. The fourth-order valence-corrected chi connectivity index (χ4v) is 3.62. The molecule has 1 amide bonds. The van der Waals surface area contributed by atoms with Gasteiger partial charge in [0.05, 0.1) is 21.2 Å². The van der Waals surface area contributed by atoms with E-state index < -0.39 is 22.7 Å². The summed E-state index contributed by atoms with van der Waals surface area (Å²) >= 11 is 6.63. The van der Waals surface area contributed by atoms with Gasteiger partial charge in [-0.2, -0.15) is 13.2 Å². The maximum atomic E-state index is 13.0. The monoisotopic (exact) mass is 426 g/mol. The number of carbonyl (C=O) groups is 1. The smallest absolute Gasteiger partial charge is 0.417 e. The lowest BCUT2D eigenvalue weighted by Gasteiger charge is -2.09. The molecule has 2 aromatic carbocycles. The number of carbonyl (C=O) groups excluding carboxylic acids is 1. The summed E-state index contributed by atoms with van der Waals surface area (Å²) in [5.74, 6) is 0.801. The van der Waals surface area contributed by atoms with Crippen LogP contribution in [0.3, 0.4) is 0 Å². The Balaban J connectivity index is 1.58. The third-order valence-corrected chi connectivity index (χ3v) is 5.07. The number of rotatable bonds is 2. The standard InChI is InChI=1S/C18H10ClF3N2O3S/c19-12-3-2-10(7-11(12)18(20,21)22)23-17-24-16(25)15(28-17)6-9-1-4-13-14(5-9)27-8-26-13/h1-7H,8H2,(H,23,24,25). The molecule has 2 heterocycles. The molecule has 1 saturated heterocycles. The molecule has 4 rings (SSSR count). The zero-order valence-corrected chi connectivity index (χ0v) is 15.4. The molecule has 0 radical (unpaired) electrons. The topological polar surface area (TPSA) is 59.9 Å². The summed E-state index contributed by atoms with van der Waals surface area (Å²) in [6.45, 7) is 0.141. The van der Waals surface area contributed by atoms with Crippen molar-refractivity contribution >= 4 is 46.2 Å². The van der Waals surface area contributed by atoms with Crippen molar-refractivity contribution in [2.75, 3.05) is 6.79 Å². The molecule has 0 bridgehead atoms. The van der Waals surface area contributed by atoms with Crippen LogP contribution in [0.2, 0.25) is 5.02 Å². The number of amides is 1. The van der Waals surface area contributed by atoms with Gasteiger partial charge in [-0.05, 0) is 53.7 Å². The highest BCUT2D eigenvalue weighted by Crippen LogP contribution is 2.38. The number of hydrogen-bond donors (Lipinski definition) is 1. The maximum absolute atomic E-state index is 13.0. The molecular formula is C18H10ClF3N2O3S. The molecule has 1 N–H and O–H groups in total. The summed E-state index contributed by atoms with van der Waals surface area (Å²) in [4.78, 5) is 16.6. The number of nitrogens with one attached hydrogen (secondary N) is 1. The quantitative estimate of drug-likeness (QED) is 0.688. The Morgan fingerprint density at radius 2 is 1.93 bits per heavy atom. The van der Waals surface area contributed by atoms with Crippen molar-refractivity contribution in [1.82, 2.24) is 5.32 Å². The molecule has 144 valence electrons.